The Balaban J connectivity index is 1.49. The molecule has 1 aliphatic rings. The fraction of sp³-hybridized carbons (Fsp3) is 0.286. The summed E-state index contributed by atoms with van der Waals surface area (Å²) in [6, 6.07) is 7.02. The highest BCUT2D eigenvalue weighted by atomic mass is 79.9. The minimum atomic E-state index is -0.262. The molecule has 1 saturated heterocycles. The summed E-state index contributed by atoms with van der Waals surface area (Å²) in [4.78, 5) is 40.4. The molecule has 7 nitrogen and oxygen atoms in total. The Kier molecular flexibility index (Phi) is 5.84. The molecule has 3 aromatic heterocycles. The molecule has 1 aliphatic heterocycles. The number of nitrogens with one attached hydrogen (secondary N) is 1. The molecule has 30 heavy (non-hydrogen) atoms. The van der Waals surface area contributed by atoms with Crippen LogP contribution < -0.4 is 5.32 Å². The molecule has 9 heteroatoms. The molecule has 2 atom stereocenters. The molecule has 3 aromatic rings. The van der Waals surface area contributed by atoms with Gasteiger partial charge >= 0.3 is 0 Å². The molecule has 0 bridgehead atoms. The third kappa shape index (κ3) is 4.09. The summed E-state index contributed by atoms with van der Waals surface area (Å²) in [5, 5.41) is 3.88. The number of hydrogen-bond donors (Lipinski definition) is 1. The first-order chi connectivity index (χ1) is 14.3. The maximum atomic E-state index is 12.9. The summed E-state index contributed by atoms with van der Waals surface area (Å²) in [6.07, 6.45) is 3.35. The largest absolute Gasteiger partial charge is 0.346 e. The zero-order valence-corrected chi connectivity index (χ0v) is 19.6. The maximum Gasteiger partial charge on any atom is 0.273 e. The molecule has 154 valence electrons. The maximum absolute atomic E-state index is 12.9. The number of aromatic nitrogens is 3. The van der Waals surface area contributed by atoms with Crippen molar-refractivity contribution in [1.82, 2.24) is 25.2 Å². The van der Waals surface area contributed by atoms with Crippen molar-refractivity contribution >= 4 is 54.6 Å². The van der Waals surface area contributed by atoms with Gasteiger partial charge in [0.05, 0.1) is 16.0 Å². The Bertz CT molecular complexity index is 1150. The van der Waals surface area contributed by atoms with Crippen molar-refractivity contribution in [1.29, 1.82) is 0 Å². The minimum absolute atomic E-state index is 0.109. The monoisotopic (exact) mass is 531 g/mol. The number of halogens is 2. The second kappa shape index (κ2) is 8.39. The van der Waals surface area contributed by atoms with Crippen LogP contribution in [0.25, 0.3) is 10.9 Å². The molecule has 1 N–H and O–H groups in total. The smallest absolute Gasteiger partial charge is 0.273 e. The van der Waals surface area contributed by atoms with Crippen LogP contribution in [0.1, 0.15) is 33.6 Å². The quantitative estimate of drug-likeness (QED) is 0.555. The number of fused-ring (bicyclic) bond motifs is 1. The number of likely N-dealkylation sites (tertiary alicyclic amines) is 1. The highest BCUT2D eigenvalue weighted by Gasteiger charge is 2.35. The van der Waals surface area contributed by atoms with E-state index in [9.17, 15) is 9.59 Å². The fourth-order valence-electron chi connectivity index (χ4n) is 3.54. The van der Waals surface area contributed by atoms with E-state index in [0.29, 0.717) is 34.5 Å². The molecule has 4 heterocycles. The molecule has 0 radical (unpaired) electrons. The van der Waals surface area contributed by atoms with E-state index in [2.05, 4.69) is 52.1 Å². The van der Waals surface area contributed by atoms with Crippen LogP contribution in [0.5, 0.6) is 0 Å². The average molecular weight is 533 g/mol. The van der Waals surface area contributed by atoms with Gasteiger partial charge in [-0.3, -0.25) is 14.6 Å². The van der Waals surface area contributed by atoms with E-state index >= 15 is 0 Å². The van der Waals surface area contributed by atoms with Gasteiger partial charge in [0.25, 0.3) is 11.8 Å². The summed E-state index contributed by atoms with van der Waals surface area (Å²) in [5.41, 5.74) is 2.19. The number of pyridine rings is 3. The van der Waals surface area contributed by atoms with E-state index in [1.165, 1.54) is 0 Å². The highest BCUT2D eigenvalue weighted by Crippen LogP contribution is 2.24. The lowest BCUT2D eigenvalue weighted by atomic mass is 10.1. The van der Waals surface area contributed by atoms with Crippen molar-refractivity contribution in [2.45, 2.75) is 19.9 Å². The lowest BCUT2D eigenvalue weighted by Crippen LogP contribution is -2.41. The fourth-order valence-corrected chi connectivity index (χ4v) is 4.36. The number of aryl methyl sites for hydroxylation is 1. The van der Waals surface area contributed by atoms with Crippen molar-refractivity contribution < 1.29 is 9.59 Å². The van der Waals surface area contributed by atoms with Crippen LogP contribution in [0.2, 0.25) is 0 Å². The molecule has 0 aromatic carbocycles. The van der Waals surface area contributed by atoms with E-state index in [1.54, 1.807) is 23.4 Å². The first-order valence-corrected chi connectivity index (χ1v) is 11.1. The number of carbonyl (C=O) groups is 2. The van der Waals surface area contributed by atoms with Crippen molar-refractivity contribution in [3.8, 4) is 0 Å². The lowest BCUT2D eigenvalue weighted by Gasteiger charge is -2.18. The zero-order valence-electron chi connectivity index (χ0n) is 16.4. The third-order valence-corrected chi connectivity index (χ3v) is 6.41. The molecular formula is C21H19Br2N5O2. The first kappa shape index (κ1) is 20.9. The summed E-state index contributed by atoms with van der Waals surface area (Å²) in [5.74, 6) is -0.297. The predicted octanol–water partition coefficient (Wildman–Crippen LogP) is 3.75. The van der Waals surface area contributed by atoms with Crippen LogP contribution in [0, 0.1) is 12.8 Å². The number of hydrogen-bond acceptors (Lipinski definition) is 5. The van der Waals surface area contributed by atoms with Crippen LogP contribution in [-0.2, 0) is 0 Å². The topological polar surface area (TPSA) is 88.1 Å². The van der Waals surface area contributed by atoms with Crippen LogP contribution >= 0.6 is 31.9 Å². The summed E-state index contributed by atoms with van der Waals surface area (Å²) >= 11 is 6.83. The Hall–Kier alpha value is -2.39. The normalized spacial score (nSPS) is 18.6. The molecule has 4 rings (SSSR count). The zero-order chi connectivity index (χ0) is 21.4. The van der Waals surface area contributed by atoms with Gasteiger partial charge in [0.15, 0.2) is 0 Å². The van der Waals surface area contributed by atoms with E-state index < -0.39 is 0 Å². The summed E-state index contributed by atoms with van der Waals surface area (Å²) in [6.45, 7) is 4.85. The minimum Gasteiger partial charge on any atom is -0.346 e. The Morgan fingerprint density at radius 3 is 2.67 bits per heavy atom. The van der Waals surface area contributed by atoms with Crippen LogP contribution in [0.4, 0.5) is 0 Å². The Morgan fingerprint density at radius 1 is 1.07 bits per heavy atom. The van der Waals surface area contributed by atoms with Crippen LogP contribution in [0.3, 0.4) is 0 Å². The van der Waals surface area contributed by atoms with Crippen molar-refractivity contribution in [2.24, 2.45) is 5.92 Å². The van der Waals surface area contributed by atoms with Gasteiger partial charge < -0.3 is 10.2 Å². The van der Waals surface area contributed by atoms with Crippen LogP contribution in [0.15, 0.2) is 45.6 Å². The summed E-state index contributed by atoms with van der Waals surface area (Å²) in [7, 11) is 0. The molecule has 0 unspecified atom stereocenters. The molecular weight excluding hydrogens is 514 g/mol. The van der Waals surface area contributed by atoms with Gasteiger partial charge in [0.1, 0.15) is 11.4 Å². The third-order valence-electron chi connectivity index (χ3n) is 5.19. The summed E-state index contributed by atoms with van der Waals surface area (Å²) < 4.78 is 1.40. The second-order valence-electron chi connectivity index (χ2n) is 7.44. The molecule has 2 amide bonds. The van der Waals surface area contributed by atoms with Crippen molar-refractivity contribution in [3.63, 3.8) is 0 Å². The van der Waals surface area contributed by atoms with Gasteiger partial charge in [0, 0.05) is 41.0 Å². The number of nitrogens with zero attached hydrogens (tertiary/aromatic N) is 4. The number of carbonyl (C=O) groups excluding carboxylic acids is 2. The lowest BCUT2D eigenvalue weighted by molar-refractivity contribution is 0.0774. The van der Waals surface area contributed by atoms with Gasteiger partial charge in [0.2, 0.25) is 0 Å². The van der Waals surface area contributed by atoms with E-state index in [1.807, 2.05) is 32.0 Å². The molecule has 0 spiro atoms. The van der Waals surface area contributed by atoms with E-state index in [4.69, 9.17) is 0 Å². The first-order valence-electron chi connectivity index (χ1n) is 9.47. The van der Waals surface area contributed by atoms with Crippen molar-refractivity contribution in [3.05, 3.63) is 62.7 Å². The van der Waals surface area contributed by atoms with E-state index in [0.717, 1.165) is 15.6 Å². The predicted molar refractivity (Wildman–Crippen MR) is 120 cm³/mol. The highest BCUT2D eigenvalue weighted by molar-refractivity contribution is 9.11. The molecule has 1 fully saturated rings. The van der Waals surface area contributed by atoms with Gasteiger partial charge in [-0.1, -0.05) is 6.92 Å². The Labute approximate surface area is 190 Å². The van der Waals surface area contributed by atoms with Gasteiger partial charge in [-0.25, -0.2) is 9.97 Å². The number of rotatable bonds is 3. The molecule has 0 saturated carbocycles. The molecule has 0 aliphatic carbocycles. The second-order valence-corrected chi connectivity index (χ2v) is 9.15. The van der Waals surface area contributed by atoms with Gasteiger partial charge in [-0.05, 0) is 69.0 Å². The average Bonchev–Trinajstić information content (AvgIpc) is 3.09. The van der Waals surface area contributed by atoms with Gasteiger partial charge in [-0.15, -0.1) is 0 Å². The van der Waals surface area contributed by atoms with Crippen LogP contribution in [-0.4, -0.2) is 50.8 Å². The SMILES string of the molecule is Cc1ccc(Br)c(C(=O)N2C[C@@H](C)[C@@H](NC(=O)c3ccc4cncc(Br)c4n3)C2)n1. The standard InChI is InChI=1S/C21H19Br2N5O2/c1-11-9-28(21(30)19-14(22)5-3-12(2)25-19)10-17(11)27-20(29)16-6-4-13-7-24-8-15(23)18(13)26-16/h3-8,11,17H,9-10H2,1-2H3,(H,27,29)/t11-,17+/m1/s1. The van der Waals surface area contributed by atoms with Gasteiger partial charge in [-0.2, -0.15) is 0 Å². The number of amides is 2. The van der Waals surface area contributed by atoms with Crippen molar-refractivity contribution in [2.75, 3.05) is 13.1 Å². The van der Waals surface area contributed by atoms with E-state index in [-0.39, 0.29) is 23.8 Å². The Morgan fingerprint density at radius 2 is 1.87 bits per heavy atom.